The molecule has 1 saturated heterocycles. The van der Waals surface area contributed by atoms with Gasteiger partial charge in [0.15, 0.2) is 5.69 Å². The van der Waals surface area contributed by atoms with Crippen LogP contribution in [0.2, 0.25) is 5.02 Å². The number of aryl methyl sites for hydroxylation is 1. The molecule has 0 N–H and O–H groups in total. The lowest BCUT2D eigenvalue weighted by Gasteiger charge is -2.36. The van der Waals surface area contributed by atoms with Crippen LogP contribution in [0.1, 0.15) is 21.7 Å². The minimum atomic E-state index is -0.319. The maximum absolute atomic E-state index is 13.9. The number of piperazine rings is 1. The number of carbonyl (C=O) groups is 1. The molecule has 1 aliphatic heterocycles. The third-order valence-corrected chi connectivity index (χ3v) is 5.58. The second-order valence-corrected chi connectivity index (χ2v) is 7.51. The van der Waals surface area contributed by atoms with Crippen molar-refractivity contribution >= 4 is 23.2 Å². The first-order chi connectivity index (χ1) is 14.0. The minimum absolute atomic E-state index is 0.167. The molecule has 1 fully saturated rings. The third kappa shape index (κ3) is 3.70. The van der Waals surface area contributed by atoms with Crippen LogP contribution in [0, 0.1) is 19.7 Å². The fraction of sp³-hybridized carbons (Fsp3) is 0.286. The Morgan fingerprint density at radius 3 is 2.48 bits per heavy atom. The van der Waals surface area contributed by atoms with Gasteiger partial charge in [0.25, 0.3) is 5.91 Å². The van der Waals surface area contributed by atoms with Crippen molar-refractivity contribution < 1.29 is 9.18 Å². The van der Waals surface area contributed by atoms with Gasteiger partial charge in [-0.15, -0.1) is 5.10 Å². The van der Waals surface area contributed by atoms with Crippen molar-refractivity contribution in [2.45, 2.75) is 13.8 Å². The number of hydrogen-bond donors (Lipinski definition) is 0. The molecule has 0 atom stereocenters. The van der Waals surface area contributed by atoms with Crippen LogP contribution in [-0.4, -0.2) is 52.0 Å². The molecule has 3 aromatic rings. The lowest BCUT2D eigenvalue weighted by atomic mass is 10.2. The summed E-state index contributed by atoms with van der Waals surface area (Å²) in [4.78, 5) is 16.9. The van der Waals surface area contributed by atoms with E-state index in [1.807, 2.05) is 24.3 Å². The van der Waals surface area contributed by atoms with E-state index in [9.17, 15) is 9.18 Å². The number of hydrogen-bond acceptors (Lipinski definition) is 4. The monoisotopic (exact) mass is 413 g/mol. The van der Waals surface area contributed by atoms with Gasteiger partial charge in [0.05, 0.1) is 22.1 Å². The summed E-state index contributed by atoms with van der Waals surface area (Å²) < 4.78 is 15.4. The maximum atomic E-state index is 13.9. The highest BCUT2D eigenvalue weighted by molar-refractivity contribution is 6.33. The van der Waals surface area contributed by atoms with E-state index in [1.54, 1.807) is 30.9 Å². The Hall–Kier alpha value is -2.93. The summed E-state index contributed by atoms with van der Waals surface area (Å²) in [6.45, 7) is 5.97. The number of anilines is 1. The molecule has 0 bridgehead atoms. The van der Waals surface area contributed by atoms with Gasteiger partial charge in [-0.25, -0.2) is 9.07 Å². The zero-order valence-electron chi connectivity index (χ0n) is 16.3. The first-order valence-corrected chi connectivity index (χ1v) is 9.81. The fourth-order valence-corrected chi connectivity index (χ4v) is 3.75. The van der Waals surface area contributed by atoms with Crippen molar-refractivity contribution in [3.05, 3.63) is 70.3 Å². The Labute approximate surface area is 173 Å². The fourth-order valence-electron chi connectivity index (χ4n) is 3.49. The largest absolute Gasteiger partial charge is 0.367 e. The van der Waals surface area contributed by atoms with E-state index in [0.29, 0.717) is 48.1 Å². The molecule has 1 aromatic heterocycles. The van der Waals surface area contributed by atoms with E-state index < -0.39 is 0 Å². The van der Waals surface area contributed by atoms with Crippen LogP contribution in [0.4, 0.5) is 10.1 Å². The lowest BCUT2D eigenvalue weighted by molar-refractivity contribution is 0.0740. The van der Waals surface area contributed by atoms with Gasteiger partial charge >= 0.3 is 0 Å². The Bertz CT molecular complexity index is 1060. The summed E-state index contributed by atoms with van der Waals surface area (Å²) in [5.74, 6) is -0.485. The van der Waals surface area contributed by atoms with E-state index in [1.165, 1.54) is 10.7 Å². The SMILES string of the molecule is Cc1ccc(-n2nnc(C(=O)N3CCN(c4ccccc4Cl)CC3)c2C)cc1F. The van der Waals surface area contributed by atoms with Crippen molar-refractivity contribution in [1.29, 1.82) is 0 Å². The highest BCUT2D eigenvalue weighted by Crippen LogP contribution is 2.26. The van der Waals surface area contributed by atoms with Crippen molar-refractivity contribution in [2.75, 3.05) is 31.1 Å². The van der Waals surface area contributed by atoms with E-state index in [-0.39, 0.29) is 17.4 Å². The molecule has 8 heteroatoms. The van der Waals surface area contributed by atoms with Gasteiger partial charge < -0.3 is 9.80 Å². The van der Waals surface area contributed by atoms with Crippen molar-refractivity contribution in [2.24, 2.45) is 0 Å². The average Bonchev–Trinajstić information content (AvgIpc) is 3.11. The molecule has 0 unspecified atom stereocenters. The highest BCUT2D eigenvalue weighted by atomic mass is 35.5. The van der Waals surface area contributed by atoms with Crippen LogP contribution < -0.4 is 4.90 Å². The van der Waals surface area contributed by atoms with Crippen molar-refractivity contribution in [3.8, 4) is 5.69 Å². The second kappa shape index (κ2) is 7.83. The van der Waals surface area contributed by atoms with Crippen LogP contribution in [0.3, 0.4) is 0 Å². The Kier molecular flexibility index (Phi) is 5.24. The Balaban J connectivity index is 1.49. The molecule has 1 amide bonds. The predicted octanol–water partition coefficient (Wildman–Crippen LogP) is 3.64. The normalized spacial score (nSPS) is 14.3. The molecule has 0 aliphatic carbocycles. The van der Waals surface area contributed by atoms with Gasteiger partial charge in [-0.1, -0.05) is 35.0 Å². The van der Waals surface area contributed by atoms with Gasteiger partial charge in [0.1, 0.15) is 5.82 Å². The minimum Gasteiger partial charge on any atom is -0.367 e. The zero-order chi connectivity index (χ0) is 20.5. The average molecular weight is 414 g/mol. The molecule has 4 rings (SSSR count). The van der Waals surface area contributed by atoms with E-state index in [4.69, 9.17) is 11.6 Å². The van der Waals surface area contributed by atoms with Crippen LogP contribution in [-0.2, 0) is 0 Å². The van der Waals surface area contributed by atoms with Gasteiger partial charge in [-0.3, -0.25) is 4.79 Å². The third-order valence-electron chi connectivity index (χ3n) is 5.26. The van der Waals surface area contributed by atoms with Crippen molar-refractivity contribution in [1.82, 2.24) is 19.9 Å². The molecule has 1 aliphatic rings. The molecule has 29 heavy (non-hydrogen) atoms. The Morgan fingerprint density at radius 1 is 1.07 bits per heavy atom. The summed E-state index contributed by atoms with van der Waals surface area (Å²) in [6.07, 6.45) is 0. The van der Waals surface area contributed by atoms with E-state index in [2.05, 4.69) is 15.2 Å². The maximum Gasteiger partial charge on any atom is 0.276 e. The second-order valence-electron chi connectivity index (χ2n) is 7.10. The van der Waals surface area contributed by atoms with E-state index >= 15 is 0 Å². The van der Waals surface area contributed by atoms with Crippen LogP contribution >= 0.6 is 11.6 Å². The summed E-state index contributed by atoms with van der Waals surface area (Å²) >= 11 is 6.29. The number of halogens is 2. The molecule has 2 aromatic carbocycles. The first-order valence-electron chi connectivity index (χ1n) is 9.43. The van der Waals surface area contributed by atoms with Crippen LogP contribution in [0.5, 0.6) is 0 Å². The van der Waals surface area contributed by atoms with Crippen LogP contribution in [0.25, 0.3) is 5.69 Å². The summed E-state index contributed by atoms with van der Waals surface area (Å²) in [5, 5.41) is 8.85. The number of carbonyl (C=O) groups excluding carboxylic acids is 1. The number of para-hydroxylation sites is 1. The molecule has 6 nitrogen and oxygen atoms in total. The van der Waals surface area contributed by atoms with Gasteiger partial charge in [0.2, 0.25) is 0 Å². The topological polar surface area (TPSA) is 54.3 Å². The molecule has 0 radical (unpaired) electrons. The zero-order valence-corrected chi connectivity index (χ0v) is 17.0. The highest BCUT2D eigenvalue weighted by Gasteiger charge is 2.27. The quantitative estimate of drug-likeness (QED) is 0.657. The molecule has 150 valence electrons. The summed E-state index contributed by atoms with van der Waals surface area (Å²) in [7, 11) is 0. The van der Waals surface area contributed by atoms with E-state index in [0.717, 1.165) is 5.69 Å². The number of benzene rings is 2. The lowest BCUT2D eigenvalue weighted by Crippen LogP contribution is -2.49. The standard InChI is InChI=1S/C21H21ClFN5O/c1-14-7-8-16(13-18(14)23)28-15(2)20(24-25-28)21(29)27-11-9-26(10-12-27)19-6-4-3-5-17(19)22/h3-8,13H,9-12H2,1-2H3. The van der Waals surface area contributed by atoms with Crippen molar-refractivity contribution in [3.63, 3.8) is 0 Å². The smallest absolute Gasteiger partial charge is 0.276 e. The molecular formula is C21H21ClFN5O. The predicted molar refractivity (Wildman–Crippen MR) is 110 cm³/mol. The number of nitrogens with zero attached hydrogens (tertiary/aromatic N) is 5. The van der Waals surface area contributed by atoms with Gasteiger partial charge in [-0.2, -0.15) is 0 Å². The first kappa shape index (κ1) is 19.4. The summed E-state index contributed by atoms with van der Waals surface area (Å²) in [5.41, 5.74) is 2.95. The number of aromatic nitrogens is 3. The molecule has 2 heterocycles. The van der Waals surface area contributed by atoms with Gasteiger partial charge in [-0.05, 0) is 43.7 Å². The molecular weight excluding hydrogens is 393 g/mol. The summed E-state index contributed by atoms with van der Waals surface area (Å²) in [6, 6.07) is 12.5. The Morgan fingerprint density at radius 2 is 1.79 bits per heavy atom. The number of amides is 1. The van der Waals surface area contributed by atoms with Crippen LogP contribution in [0.15, 0.2) is 42.5 Å². The molecule has 0 saturated carbocycles. The number of rotatable bonds is 3. The van der Waals surface area contributed by atoms with Gasteiger partial charge in [0, 0.05) is 26.2 Å². The molecule has 0 spiro atoms.